The number of ether oxygens (including phenoxy) is 1. The van der Waals surface area contributed by atoms with Gasteiger partial charge < -0.3 is 28.8 Å². The van der Waals surface area contributed by atoms with Gasteiger partial charge in [-0.05, 0) is 195 Å². The molecule has 6 aliphatic rings. The first kappa shape index (κ1) is 39.5. The van der Waals surface area contributed by atoms with E-state index in [1.807, 2.05) is 0 Å². The molecule has 4 aliphatic carbocycles. The van der Waals surface area contributed by atoms with Crippen molar-refractivity contribution in [2.75, 3.05) is 51.8 Å². The van der Waals surface area contributed by atoms with Gasteiger partial charge >= 0.3 is 0 Å². The fourth-order valence-corrected chi connectivity index (χ4v) is 10.3. The Morgan fingerprint density at radius 2 is 1.02 bits per heavy atom. The lowest BCUT2D eigenvalue weighted by Crippen LogP contribution is -2.26. The highest BCUT2D eigenvalue weighted by Crippen LogP contribution is 2.46. The van der Waals surface area contributed by atoms with E-state index in [0.29, 0.717) is 18.2 Å². The van der Waals surface area contributed by atoms with Crippen molar-refractivity contribution < 1.29 is 9.84 Å². The van der Waals surface area contributed by atoms with Crippen LogP contribution in [0, 0.1) is 0 Å². The number of hydrogen-bond acceptors (Lipinski definition) is 4. The number of halogens is 1. The third-order valence-electron chi connectivity index (χ3n) is 13.6. The Hall–Kier alpha value is -2.35. The second kappa shape index (κ2) is 19.4. The zero-order valence-electron chi connectivity index (χ0n) is 33.6. The molecule has 1 N–H and O–H groups in total. The van der Waals surface area contributed by atoms with Crippen LogP contribution in [0.3, 0.4) is 0 Å². The summed E-state index contributed by atoms with van der Waals surface area (Å²) in [5.74, 6) is 2.42. The number of likely N-dealkylation sites (tertiary alicyclic amines) is 2. The molecule has 10 rings (SSSR count). The molecule has 0 amide bonds. The van der Waals surface area contributed by atoms with E-state index in [4.69, 9.17) is 16.3 Å². The Balaban J connectivity index is 0.000000132. The van der Waals surface area contributed by atoms with Gasteiger partial charge in [0.2, 0.25) is 0 Å². The molecule has 2 saturated heterocycles. The Bertz CT molecular complexity index is 1750. The van der Waals surface area contributed by atoms with Crippen molar-refractivity contribution >= 4 is 33.4 Å². The average molecular weight is 770 g/mol. The molecule has 2 aromatic carbocycles. The van der Waals surface area contributed by atoms with Crippen LogP contribution in [-0.2, 0) is 4.74 Å². The zero-order valence-corrected chi connectivity index (χ0v) is 34.4. The molecule has 4 aromatic rings. The molecule has 0 atom stereocenters. The predicted octanol–water partition coefficient (Wildman–Crippen LogP) is 11.2. The molecule has 6 nitrogen and oxygen atoms in total. The molecule has 2 aliphatic heterocycles. The minimum absolute atomic E-state index is 0.0672. The van der Waals surface area contributed by atoms with E-state index in [0.717, 1.165) is 56.4 Å². The minimum atomic E-state index is -0.0672. The lowest BCUT2D eigenvalue weighted by molar-refractivity contribution is 0.0158. The second-order valence-electron chi connectivity index (χ2n) is 17.8. The van der Waals surface area contributed by atoms with Crippen molar-refractivity contribution in [2.45, 2.75) is 152 Å². The number of hydrogen-bond donors (Lipinski definition) is 1. The van der Waals surface area contributed by atoms with Gasteiger partial charge in [0, 0.05) is 53.5 Å². The summed E-state index contributed by atoms with van der Waals surface area (Å²) in [4.78, 5) is 5.08. The molecule has 4 heterocycles. The Kier molecular flexibility index (Phi) is 13.9. The van der Waals surface area contributed by atoms with Crippen LogP contribution in [0.2, 0.25) is 0 Å². The third-order valence-corrected chi connectivity index (χ3v) is 13.8. The van der Waals surface area contributed by atoms with Crippen molar-refractivity contribution in [3.05, 3.63) is 72.1 Å². The molecule has 0 radical (unpaired) electrons. The molecular formula is C48H69ClN4O2. The number of aliphatic hydroxyl groups is 1. The van der Waals surface area contributed by atoms with Crippen LogP contribution in [0.1, 0.15) is 151 Å². The van der Waals surface area contributed by atoms with E-state index in [1.165, 1.54) is 145 Å². The van der Waals surface area contributed by atoms with Crippen molar-refractivity contribution in [1.82, 2.24) is 18.9 Å². The van der Waals surface area contributed by atoms with Crippen LogP contribution < -0.4 is 0 Å². The standard InChI is InChI=1S/C24H34N2O.C17H21NO.C7H14ClN/c1-2-7-23-20(6-1)18-24(19-8-9-19)26(23)21-10-12-22(13-11-21)27-17-5-16-25-14-3-4-15-25;19-15-9-7-14(8-10-15)18-16-4-2-1-3-13(16)11-17(18)12-5-6-12;8-4-3-7-9-5-1-2-6-9/h1-2,6-7,18-19,21-22H,3-5,8-17H2;1-4,11-12,14-15,19H,5-10H2;1-7H2. The average Bonchev–Trinajstić information content (AvgIpc) is 4.02. The molecular weight excluding hydrogens is 700 g/mol. The Morgan fingerprint density at radius 3 is 1.49 bits per heavy atom. The Labute approximate surface area is 336 Å². The predicted molar refractivity (Wildman–Crippen MR) is 230 cm³/mol. The van der Waals surface area contributed by atoms with Gasteiger partial charge in [-0.3, -0.25) is 0 Å². The number of benzene rings is 2. The van der Waals surface area contributed by atoms with E-state index in [1.54, 1.807) is 11.4 Å². The third kappa shape index (κ3) is 10.4. The first-order chi connectivity index (χ1) is 27.1. The first-order valence-electron chi connectivity index (χ1n) is 22.6. The van der Waals surface area contributed by atoms with Crippen LogP contribution in [0.15, 0.2) is 60.7 Å². The number of alkyl halides is 1. The molecule has 7 heteroatoms. The molecule has 2 aromatic heterocycles. The number of nitrogens with zero attached hydrogens (tertiary/aromatic N) is 4. The molecule has 6 fully saturated rings. The lowest BCUT2D eigenvalue weighted by Gasteiger charge is -2.31. The second-order valence-corrected chi connectivity index (χ2v) is 18.2. The van der Waals surface area contributed by atoms with Crippen molar-refractivity contribution in [2.24, 2.45) is 0 Å². The number of rotatable bonds is 12. The summed E-state index contributed by atoms with van der Waals surface area (Å²) >= 11 is 5.55. The van der Waals surface area contributed by atoms with Crippen LogP contribution in [0.25, 0.3) is 21.8 Å². The monoisotopic (exact) mass is 769 g/mol. The normalized spacial score (nSPS) is 26.2. The zero-order chi connectivity index (χ0) is 37.4. The number of fused-ring (bicyclic) bond motifs is 2. The van der Waals surface area contributed by atoms with Gasteiger partial charge in [-0.2, -0.15) is 0 Å². The van der Waals surface area contributed by atoms with Crippen LogP contribution in [0.4, 0.5) is 0 Å². The summed E-state index contributed by atoms with van der Waals surface area (Å²) in [5, 5.41) is 12.5. The number of para-hydroxylation sites is 2. The fraction of sp³-hybridized carbons (Fsp3) is 0.667. The topological polar surface area (TPSA) is 45.8 Å². The van der Waals surface area contributed by atoms with E-state index >= 15 is 0 Å². The van der Waals surface area contributed by atoms with Crippen LogP contribution >= 0.6 is 11.6 Å². The van der Waals surface area contributed by atoms with Gasteiger partial charge in [-0.1, -0.05) is 36.4 Å². The summed E-state index contributed by atoms with van der Waals surface area (Å²) in [6.07, 6.45) is 23.0. The van der Waals surface area contributed by atoms with Gasteiger partial charge in [0.15, 0.2) is 0 Å². The molecule has 0 unspecified atom stereocenters. The SMILES string of the molecule is ClCCCN1CCCC1.OC1CCC(n2c(C3CC3)cc3ccccc32)CC1.c1ccc2c(c1)cc(C1CC1)n2C1CCC(OCCCN2CCCC2)CC1. The maximum atomic E-state index is 9.72. The molecule has 4 saturated carbocycles. The summed E-state index contributed by atoms with van der Waals surface area (Å²) in [5.41, 5.74) is 5.99. The van der Waals surface area contributed by atoms with E-state index in [9.17, 15) is 5.11 Å². The number of aromatic nitrogens is 2. The molecule has 0 spiro atoms. The van der Waals surface area contributed by atoms with Crippen molar-refractivity contribution in [3.8, 4) is 0 Å². The van der Waals surface area contributed by atoms with E-state index in [2.05, 4.69) is 79.6 Å². The summed E-state index contributed by atoms with van der Waals surface area (Å²) < 4.78 is 11.6. The minimum Gasteiger partial charge on any atom is -0.393 e. The van der Waals surface area contributed by atoms with Crippen molar-refractivity contribution in [3.63, 3.8) is 0 Å². The number of aliphatic hydroxyl groups excluding tert-OH is 1. The highest BCUT2D eigenvalue weighted by molar-refractivity contribution is 6.17. The maximum absolute atomic E-state index is 9.72. The summed E-state index contributed by atoms with van der Waals surface area (Å²) in [7, 11) is 0. The molecule has 55 heavy (non-hydrogen) atoms. The summed E-state index contributed by atoms with van der Waals surface area (Å²) in [6, 6.07) is 23.9. The van der Waals surface area contributed by atoms with Crippen LogP contribution in [-0.4, -0.2) is 88.0 Å². The molecule has 300 valence electrons. The van der Waals surface area contributed by atoms with Crippen LogP contribution in [0.5, 0.6) is 0 Å². The smallest absolute Gasteiger partial charge is 0.0576 e. The first-order valence-corrected chi connectivity index (χ1v) is 23.2. The molecule has 0 bridgehead atoms. The Morgan fingerprint density at radius 1 is 0.564 bits per heavy atom. The van der Waals surface area contributed by atoms with Gasteiger partial charge in [0.1, 0.15) is 0 Å². The van der Waals surface area contributed by atoms with Gasteiger partial charge in [0.25, 0.3) is 0 Å². The highest BCUT2D eigenvalue weighted by Gasteiger charge is 2.33. The highest BCUT2D eigenvalue weighted by atomic mass is 35.5. The van der Waals surface area contributed by atoms with E-state index < -0.39 is 0 Å². The van der Waals surface area contributed by atoms with E-state index in [-0.39, 0.29) is 6.10 Å². The quantitative estimate of drug-likeness (QED) is 0.115. The lowest BCUT2D eigenvalue weighted by atomic mass is 9.92. The largest absolute Gasteiger partial charge is 0.393 e. The van der Waals surface area contributed by atoms with Gasteiger partial charge in [-0.25, -0.2) is 0 Å². The fourth-order valence-electron chi connectivity index (χ4n) is 10.2. The van der Waals surface area contributed by atoms with Gasteiger partial charge in [0.05, 0.1) is 12.2 Å². The maximum Gasteiger partial charge on any atom is 0.0576 e. The van der Waals surface area contributed by atoms with Gasteiger partial charge in [-0.15, -0.1) is 11.6 Å². The summed E-state index contributed by atoms with van der Waals surface area (Å²) in [6.45, 7) is 8.61. The van der Waals surface area contributed by atoms with Crippen molar-refractivity contribution in [1.29, 1.82) is 0 Å².